The molecular formula is C22H15ClFNO2. The molecule has 0 saturated heterocycles. The van der Waals surface area contributed by atoms with Gasteiger partial charge in [-0.05, 0) is 72.6 Å². The second kappa shape index (κ2) is 6.61. The van der Waals surface area contributed by atoms with Crippen molar-refractivity contribution in [2.75, 3.05) is 0 Å². The molecule has 0 fully saturated rings. The summed E-state index contributed by atoms with van der Waals surface area (Å²) in [6.07, 6.45) is 0.278. The molecular weight excluding hydrogens is 365 g/mol. The highest BCUT2D eigenvalue weighted by atomic mass is 35.5. The van der Waals surface area contributed by atoms with Crippen molar-refractivity contribution < 1.29 is 13.9 Å². The number of fused-ring (bicyclic) bond motifs is 1. The summed E-state index contributed by atoms with van der Waals surface area (Å²) in [7, 11) is 0. The molecule has 27 heavy (non-hydrogen) atoms. The van der Waals surface area contributed by atoms with Gasteiger partial charge in [-0.2, -0.15) is 5.26 Å². The number of hydrogen-bond acceptors (Lipinski definition) is 3. The largest absolute Gasteiger partial charge is 0.440 e. The van der Waals surface area contributed by atoms with E-state index < -0.39 is 5.79 Å². The molecule has 5 heteroatoms. The van der Waals surface area contributed by atoms with Gasteiger partial charge in [0.2, 0.25) is 0 Å². The molecule has 3 aromatic rings. The Hall–Kier alpha value is -3.03. The van der Waals surface area contributed by atoms with Crippen molar-refractivity contribution in [2.24, 2.45) is 0 Å². The Morgan fingerprint density at radius 2 is 1.74 bits per heavy atom. The fraction of sp³-hybridized carbons (Fsp3) is 0.136. The first kappa shape index (κ1) is 17.4. The second-order valence-corrected chi connectivity index (χ2v) is 6.84. The van der Waals surface area contributed by atoms with Gasteiger partial charge in [0.15, 0.2) is 11.5 Å². The summed E-state index contributed by atoms with van der Waals surface area (Å²) >= 11 is 6.12. The predicted molar refractivity (Wildman–Crippen MR) is 100 cm³/mol. The van der Waals surface area contributed by atoms with Crippen molar-refractivity contribution >= 4 is 11.6 Å². The number of ether oxygens (including phenoxy) is 2. The van der Waals surface area contributed by atoms with Gasteiger partial charge in [0.25, 0.3) is 0 Å². The summed E-state index contributed by atoms with van der Waals surface area (Å²) in [5.74, 6) is -0.485. The topological polar surface area (TPSA) is 42.2 Å². The highest BCUT2D eigenvalue weighted by molar-refractivity contribution is 6.30. The molecule has 0 spiro atoms. The lowest BCUT2D eigenvalue weighted by atomic mass is 9.93. The Kier molecular flexibility index (Phi) is 4.25. The third-order valence-electron chi connectivity index (χ3n) is 4.57. The number of halogens is 2. The maximum absolute atomic E-state index is 13.5. The molecule has 0 aromatic heterocycles. The molecule has 134 valence electrons. The van der Waals surface area contributed by atoms with Crippen LogP contribution in [0.1, 0.15) is 22.3 Å². The van der Waals surface area contributed by atoms with Crippen LogP contribution in [-0.4, -0.2) is 0 Å². The Balaban J connectivity index is 1.88. The van der Waals surface area contributed by atoms with E-state index in [0.29, 0.717) is 22.1 Å². The van der Waals surface area contributed by atoms with Crippen LogP contribution in [0.15, 0.2) is 60.7 Å². The maximum Gasteiger partial charge on any atom is 0.305 e. The third-order valence-corrected chi connectivity index (χ3v) is 4.80. The van der Waals surface area contributed by atoms with Crippen LogP contribution in [0, 0.1) is 24.1 Å². The van der Waals surface area contributed by atoms with Crippen molar-refractivity contribution in [1.82, 2.24) is 0 Å². The molecule has 0 saturated carbocycles. The fourth-order valence-electron chi connectivity index (χ4n) is 3.30. The molecule has 1 aliphatic rings. The number of nitriles is 1. The molecule has 1 atom stereocenters. The van der Waals surface area contributed by atoms with Crippen LogP contribution < -0.4 is 9.47 Å². The molecule has 1 heterocycles. The maximum atomic E-state index is 13.5. The van der Waals surface area contributed by atoms with E-state index in [0.717, 1.165) is 16.7 Å². The number of benzene rings is 3. The minimum Gasteiger partial charge on any atom is -0.440 e. The number of aryl methyl sites for hydroxylation is 1. The van der Waals surface area contributed by atoms with Gasteiger partial charge in [-0.3, -0.25) is 0 Å². The zero-order valence-corrected chi connectivity index (χ0v) is 15.3. The molecule has 1 aliphatic heterocycles. The lowest BCUT2D eigenvalue weighted by molar-refractivity contribution is -0.0464. The zero-order chi connectivity index (χ0) is 19.0. The van der Waals surface area contributed by atoms with E-state index in [2.05, 4.69) is 6.07 Å². The smallest absolute Gasteiger partial charge is 0.305 e. The molecule has 3 aromatic carbocycles. The van der Waals surface area contributed by atoms with Crippen LogP contribution in [0.2, 0.25) is 5.02 Å². The van der Waals surface area contributed by atoms with Crippen molar-refractivity contribution in [3.63, 3.8) is 0 Å². The summed E-state index contributed by atoms with van der Waals surface area (Å²) in [6, 6.07) is 19.0. The lowest BCUT2D eigenvalue weighted by Gasteiger charge is -2.30. The zero-order valence-electron chi connectivity index (χ0n) is 14.5. The molecule has 1 unspecified atom stereocenters. The van der Waals surface area contributed by atoms with Gasteiger partial charge < -0.3 is 9.47 Å². The average molecular weight is 380 g/mol. The van der Waals surface area contributed by atoms with Crippen molar-refractivity contribution in [2.45, 2.75) is 19.1 Å². The number of nitrogens with zero attached hydrogens (tertiary/aromatic N) is 1. The first-order valence-electron chi connectivity index (χ1n) is 8.42. The molecule has 3 nitrogen and oxygen atoms in total. The van der Waals surface area contributed by atoms with E-state index in [9.17, 15) is 4.39 Å². The van der Waals surface area contributed by atoms with Crippen LogP contribution >= 0.6 is 11.6 Å². The van der Waals surface area contributed by atoms with Crippen LogP contribution in [0.25, 0.3) is 0 Å². The normalized spacial score (nSPS) is 17.6. The van der Waals surface area contributed by atoms with Gasteiger partial charge in [0.1, 0.15) is 5.82 Å². The predicted octanol–water partition coefficient (Wildman–Crippen LogP) is 5.53. The lowest BCUT2D eigenvalue weighted by Crippen LogP contribution is -2.37. The Labute approximate surface area is 161 Å². The van der Waals surface area contributed by atoms with Crippen LogP contribution in [0.3, 0.4) is 0 Å². The summed E-state index contributed by atoms with van der Waals surface area (Å²) in [5, 5.41) is 9.55. The molecule has 0 amide bonds. The molecule has 4 rings (SSSR count). The first-order chi connectivity index (χ1) is 13.0. The van der Waals surface area contributed by atoms with Crippen molar-refractivity contribution in [3.05, 3.63) is 93.8 Å². The Morgan fingerprint density at radius 1 is 1.00 bits per heavy atom. The molecule has 0 aliphatic carbocycles. The fourth-order valence-corrected chi connectivity index (χ4v) is 3.52. The summed E-state index contributed by atoms with van der Waals surface area (Å²) < 4.78 is 26.1. The van der Waals surface area contributed by atoms with E-state index in [1.165, 1.54) is 12.1 Å². The second-order valence-electron chi connectivity index (χ2n) is 6.40. The average Bonchev–Trinajstić information content (AvgIpc) is 3.02. The highest BCUT2D eigenvalue weighted by Crippen LogP contribution is 2.48. The van der Waals surface area contributed by atoms with Gasteiger partial charge in [-0.15, -0.1) is 0 Å². The van der Waals surface area contributed by atoms with Gasteiger partial charge in [0.05, 0.1) is 12.5 Å². The van der Waals surface area contributed by atoms with Gasteiger partial charge >= 0.3 is 5.79 Å². The minimum absolute atomic E-state index is 0.278. The molecule has 0 bridgehead atoms. The Morgan fingerprint density at radius 3 is 2.44 bits per heavy atom. The van der Waals surface area contributed by atoms with Gasteiger partial charge in [0, 0.05) is 16.1 Å². The van der Waals surface area contributed by atoms with Crippen LogP contribution in [-0.2, 0) is 12.2 Å². The van der Waals surface area contributed by atoms with E-state index >= 15 is 0 Å². The van der Waals surface area contributed by atoms with Crippen molar-refractivity contribution in [1.29, 1.82) is 5.26 Å². The minimum atomic E-state index is -1.25. The van der Waals surface area contributed by atoms with E-state index in [1.807, 2.05) is 25.1 Å². The SMILES string of the molecule is Cc1cc(Cl)ccc1C1(c2ccc(F)cc2)Oc2ccc(CC#N)cc2O1. The molecule has 0 N–H and O–H groups in total. The quantitative estimate of drug-likeness (QED) is 0.601. The first-order valence-corrected chi connectivity index (χ1v) is 8.80. The number of hydrogen-bond donors (Lipinski definition) is 0. The van der Waals surface area contributed by atoms with Gasteiger partial charge in [-0.1, -0.05) is 17.7 Å². The van der Waals surface area contributed by atoms with Gasteiger partial charge in [-0.25, -0.2) is 4.39 Å². The summed E-state index contributed by atoms with van der Waals surface area (Å²) in [6.45, 7) is 1.92. The summed E-state index contributed by atoms with van der Waals surface area (Å²) in [5.41, 5.74) is 3.16. The van der Waals surface area contributed by atoms with Crippen LogP contribution in [0.5, 0.6) is 11.5 Å². The van der Waals surface area contributed by atoms with Crippen molar-refractivity contribution in [3.8, 4) is 17.6 Å². The highest BCUT2D eigenvalue weighted by Gasteiger charge is 2.46. The monoisotopic (exact) mass is 379 g/mol. The van der Waals surface area contributed by atoms with E-state index in [-0.39, 0.29) is 12.2 Å². The van der Waals surface area contributed by atoms with Crippen LogP contribution in [0.4, 0.5) is 4.39 Å². The standard InChI is InChI=1S/C22H15ClFNO2/c1-14-12-17(23)5-8-19(14)22(16-3-6-18(24)7-4-16)26-20-9-2-15(10-11-25)13-21(20)27-22/h2-9,12-13H,10H2,1H3. The van der Waals surface area contributed by atoms with E-state index in [4.69, 9.17) is 26.3 Å². The number of rotatable bonds is 3. The Bertz CT molecular complexity index is 1060. The summed E-state index contributed by atoms with van der Waals surface area (Å²) in [4.78, 5) is 0. The molecule has 0 radical (unpaired) electrons. The third kappa shape index (κ3) is 3.01. The van der Waals surface area contributed by atoms with E-state index in [1.54, 1.807) is 30.3 Å².